The Morgan fingerprint density at radius 1 is 1.00 bits per heavy atom. The van der Waals surface area contributed by atoms with Gasteiger partial charge in [0.2, 0.25) is 5.91 Å². The Morgan fingerprint density at radius 2 is 1.68 bits per heavy atom. The lowest BCUT2D eigenvalue weighted by molar-refractivity contribution is -0.126. The molecule has 0 bridgehead atoms. The van der Waals surface area contributed by atoms with Gasteiger partial charge in [-0.05, 0) is 29.7 Å². The average molecular weight is 497 g/mol. The van der Waals surface area contributed by atoms with E-state index >= 15 is 0 Å². The van der Waals surface area contributed by atoms with Crippen molar-refractivity contribution in [1.29, 1.82) is 0 Å². The molecule has 188 valence electrons. The maximum Gasteiger partial charge on any atom is 0.360 e. The molecule has 1 amide bonds. The molecule has 2 aromatic carbocycles. The normalized spacial score (nSPS) is 17.6. The maximum absolute atomic E-state index is 13.8. The number of benzene rings is 2. The molecule has 2 aromatic heterocycles. The summed E-state index contributed by atoms with van der Waals surface area (Å²) < 4.78 is 6.41. The van der Waals surface area contributed by atoms with E-state index in [2.05, 4.69) is 25.5 Å². The van der Waals surface area contributed by atoms with Crippen molar-refractivity contribution in [1.82, 2.24) is 30.2 Å². The second-order valence-corrected chi connectivity index (χ2v) is 8.99. The number of hydrogen-bond donors (Lipinski definition) is 1. The van der Waals surface area contributed by atoms with Crippen LogP contribution in [0.25, 0.3) is 0 Å². The second kappa shape index (κ2) is 11.1. The molecule has 1 saturated heterocycles. The third-order valence-electron chi connectivity index (χ3n) is 6.61. The van der Waals surface area contributed by atoms with E-state index in [0.717, 1.165) is 16.8 Å². The van der Waals surface area contributed by atoms with Gasteiger partial charge in [-0.2, -0.15) is 0 Å². The Labute approximate surface area is 215 Å². The lowest BCUT2D eigenvalue weighted by atomic mass is 9.98. The molecule has 37 heavy (non-hydrogen) atoms. The first-order valence-corrected chi connectivity index (χ1v) is 12.2. The highest BCUT2D eigenvalue weighted by atomic mass is 16.5. The summed E-state index contributed by atoms with van der Waals surface area (Å²) in [5.41, 5.74) is 3.02. The van der Waals surface area contributed by atoms with Gasteiger partial charge in [-0.15, -0.1) is 5.10 Å². The third-order valence-corrected chi connectivity index (χ3v) is 6.61. The number of pyridine rings is 1. The summed E-state index contributed by atoms with van der Waals surface area (Å²) in [6.07, 6.45) is 3.84. The van der Waals surface area contributed by atoms with Crippen LogP contribution in [0.4, 0.5) is 0 Å². The first-order chi connectivity index (χ1) is 18.1. The summed E-state index contributed by atoms with van der Waals surface area (Å²) in [7, 11) is 1.31. The third kappa shape index (κ3) is 5.57. The van der Waals surface area contributed by atoms with Crippen LogP contribution in [0.5, 0.6) is 0 Å². The van der Waals surface area contributed by atoms with Gasteiger partial charge < -0.3 is 10.1 Å². The molecule has 1 fully saturated rings. The van der Waals surface area contributed by atoms with Crippen LogP contribution in [0.2, 0.25) is 0 Å². The van der Waals surface area contributed by atoms with Gasteiger partial charge in [0.15, 0.2) is 5.69 Å². The summed E-state index contributed by atoms with van der Waals surface area (Å²) in [5.74, 6) is -0.623. The fourth-order valence-corrected chi connectivity index (χ4v) is 4.76. The minimum absolute atomic E-state index is 0.0792. The van der Waals surface area contributed by atoms with Crippen LogP contribution in [0.15, 0.2) is 91.3 Å². The SMILES string of the molecule is COC(=O)c1cn([C@@H]2C[C@@H](C(=O)NC(c3ccccc3)c3ccccc3)N(Cc3ccccn3)C2)nn1. The standard InChI is InChI=1S/C28H28N6O3/c1-37-28(36)24-19-34(32-31-24)23-16-25(33(18-23)17-22-14-8-9-15-29-22)27(35)30-26(20-10-4-2-5-11-20)21-12-6-3-7-13-21/h2-15,19,23,25-26H,16-18H2,1H3,(H,30,35)/t23-,25+/m1/s1. The number of methoxy groups -OCH3 is 1. The Hall–Kier alpha value is -4.37. The molecule has 9 nitrogen and oxygen atoms in total. The van der Waals surface area contributed by atoms with Gasteiger partial charge >= 0.3 is 5.97 Å². The van der Waals surface area contributed by atoms with Gasteiger partial charge in [0.1, 0.15) is 0 Å². The van der Waals surface area contributed by atoms with Crippen molar-refractivity contribution >= 4 is 11.9 Å². The van der Waals surface area contributed by atoms with Gasteiger partial charge in [-0.1, -0.05) is 71.9 Å². The molecular weight excluding hydrogens is 468 g/mol. The van der Waals surface area contributed by atoms with E-state index in [-0.39, 0.29) is 23.7 Å². The van der Waals surface area contributed by atoms with Crippen LogP contribution < -0.4 is 5.32 Å². The number of carbonyl (C=O) groups is 2. The van der Waals surface area contributed by atoms with E-state index in [1.165, 1.54) is 7.11 Å². The fourth-order valence-electron chi connectivity index (χ4n) is 4.76. The van der Waals surface area contributed by atoms with Gasteiger partial charge in [0, 0.05) is 19.3 Å². The van der Waals surface area contributed by atoms with Crippen LogP contribution in [-0.4, -0.2) is 56.5 Å². The number of esters is 1. The predicted molar refractivity (Wildman–Crippen MR) is 136 cm³/mol. The van der Waals surface area contributed by atoms with Crippen molar-refractivity contribution in [2.75, 3.05) is 13.7 Å². The predicted octanol–water partition coefficient (Wildman–Crippen LogP) is 3.18. The van der Waals surface area contributed by atoms with Crippen molar-refractivity contribution in [3.8, 4) is 0 Å². The minimum atomic E-state index is -0.544. The second-order valence-electron chi connectivity index (χ2n) is 8.99. The number of rotatable bonds is 8. The lowest BCUT2D eigenvalue weighted by Gasteiger charge is -2.26. The molecule has 1 aliphatic heterocycles. The molecule has 2 atom stereocenters. The number of carbonyl (C=O) groups excluding carboxylic acids is 2. The van der Waals surface area contributed by atoms with Crippen molar-refractivity contribution in [3.63, 3.8) is 0 Å². The molecule has 0 unspecified atom stereocenters. The number of likely N-dealkylation sites (tertiary alicyclic amines) is 1. The van der Waals surface area contributed by atoms with Crippen LogP contribution in [-0.2, 0) is 16.1 Å². The summed E-state index contributed by atoms with van der Waals surface area (Å²) in [5, 5.41) is 11.4. The largest absolute Gasteiger partial charge is 0.464 e. The van der Waals surface area contributed by atoms with Crippen LogP contribution >= 0.6 is 0 Å². The summed E-state index contributed by atoms with van der Waals surface area (Å²) in [6, 6.07) is 24.8. The molecule has 0 radical (unpaired) electrons. The molecular formula is C28H28N6O3. The number of amides is 1. The number of hydrogen-bond acceptors (Lipinski definition) is 7. The van der Waals surface area contributed by atoms with E-state index < -0.39 is 12.0 Å². The first-order valence-electron chi connectivity index (χ1n) is 12.2. The van der Waals surface area contributed by atoms with Gasteiger partial charge in [0.25, 0.3) is 0 Å². The molecule has 1 aliphatic rings. The average Bonchev–Trinajstić information content (AvgIpc) is 3.61. The van der Waals surface area contributed by atoms with Gasteiger partial charge in [0.05, 0.1) is 37.1 Å². The maximum atomic E-state index is 13.8. The number of ether oxygens (including phenoxy) is 1. The van der Waals surface area contributed by atoms with E-state index in [0.29, 0.717) is 19.5 Å². The summed E-state index contributed by atoms with van der Waals surface area (Å²) in [4.78, 5) is 32.3. The Morgan fingerprint density at radius 3 is 2.30 bits per heavy atom. The summed E-state index contributed by atoms with van der Waals surface area (Å²) in [6.45, 7) is 1.06. The van der Waals surface area contributed by atoms with E-state index in [1.54, 1.807) is 17.1 Å². The first kappa shape index (κ1) is 24.3. The van der Waals surface area contributed by atoms with E-state index in [1.807, 2.05) is 78.9 Å². The number of nitrogens with zero attached hydrogens (tertiary/aromatic N) is 5. The molecule has 0 spiro atoms. The number of nitrogens with one attached hydrogen (secondary N) is 1. The Bertz CT molecular complexity index is 1290. The molecule has 5 rings (SSSR count). The molecule has 0 aliphatic carbocycles. The van der Waals surface area contributed by atoms with Crippen molar-refractivity contribution in [3.05, 3.63) is 114 Å². The zero-order chi connectivity index (χ0) is 25.6. The zero-order valence-corrected chi connectivity index (χ0v) is 20.5. The quantitative estimate of drug-likeness (QED) is 0.374. The Balaban J connectivity index is 1.41. The highest BCUT2D eigenvalue weighted by Crippen LogP contribution is 2.30. The highest BCUT2D eigenvalue weighted by molar-refractivity contribution is 5.86. The molecule has 0 saturated carbocycles. The Kier molecular flexibility index (Phi) is 7.32. The van der Waals surface area contributed by atoms with Gasteiger partial charge in [-0.3, -0.25) is 14.7 Å². The number of aromatic nitrogens is 4. The smallest absolute Gasteiger partial charge is 0.360 e. The van der Waals surface area contributed by atoms with Crippen LogP contribution in [0.3, 0.4) is 0 Å². The topological polar surface area (TPSA) is 102 Å². The van der Waals surface area contributed by atoms with Gasteiger partial charge in [-0.25, -0.2) is 9.48 Å². The van der Waals surface area contributed by atoms with Crippen LogP contribution in [0, 0.1) is 0 Å². The van der Waals surface area contributed by atoms with Crippen LogP contribution in [0.1, 0.15) is 45.8 Å². The highest BCUT2D eigenvalue weighted by Gasteiger charge is 2.39. The van der Waals surface area contributed by atoms with E-state index in [4.69, 9.17) is 4.74 Å². The minimum Gasteiger partial charge on any atom is -0.464 e. The molecule has 1 N–H and O–H groups in total. The van der Waals surface area contributed by atoms with Crippen molar-refractivity contribution in [2.45, 2.75) is 31.1 Å². The fraction of sp³-hybridized carbons (Fsp3) is 0.250. The molecule has 9 heteroatoms. The van der Waals surface area contributed by atoms with Crippen molar-refractivity contribution in [2.24, 2.45) is 0 Å². The summed E-state index contributed by atoms with van der Waals surface area (Å²) >= 11 is 0. The lowest BCUT2D eigenvalue weighted by Crippen LogP contribution is -2.44. The monoisotopic (exact) mass is 496 g/mol. The zero-order valence-electron chi connectivity index (χ0n) is 20.5. The van der Waals surface area contributed by atoms with Crippen molar-refractivity contribution < 1.29 is 14.3 Å². The van der Waals surface area contributed by atoms with E-state index in [9.17, 15) is 9.59 Å². The molecule has 4 aromatic rings. The molecule has 3 heterocycles.